The van der Waals surface area contributed by atoms with Crippen LogP contribution in [0.2, 0.25) is 0 Å². The lowest BCUT2D eigenvalue weighted by Gasteiger charge is -2.31. The van der Waals surface area contributed by atoms with Gasteiger partial charge in [0.15, 0.2) is 0 Å². The summed E-state index contributed by atoms with van der Waals surface area (Å²) in [6.45, 7) is 2.16. The Balaban J connectivity index is 1.54. The van der Waals surface area contributed by atoms with Crippen molar-refractivity contribution in [3.05, 3.63) is 12.2 Å². The Bertz CT molecular complexity index is 306. The molecule has 0 N–H and O–H groups in total. The second-order valence-electron chi connectivity index (χ2n) is 8.29. The molecule has 0 nitrogen and oxygen atoms in total. The van der Waals surface area contributed by atoms with E-state index in [1.54, 1.807) is 0 Å². The Kier molecular flexibility index (Phi) is 9.31. The van der Waals surface area contributed by atoms with Crippen LogP contribution in [0.15, 0.2) is 12.2 Å². The molecule has 1 heteroatoms. The van der Waals surface area contributed by atoms with Crippen molar-refractivity contribution in [2.45, 2.75) is 96.8 Å². The zero-order chi connectivity index (χ0) is 16.3. The minimum absolute atomic E-state index is 0.169. The Morgan fingerprint density at radius 1 is 0.783 bits per heavy atom. The van der Waals surface area contributed by atoms with Crippen molar-refractivity contribution in [1.82, 2.24) is 0 Å². The van der Waals surface area contributed by atoms with E-state index in [0.717, 1.165) is 30.1 Å². The topological polar surface area (TPSA) is 0 Å². The molecule has 0 aromatic carbocycles. The smallest absolute Gasteiger partial charge is 0.0897 e. The Hall–Kier alpha value is -0.330. The lowest BCUT2D eigenvalue weighted by Crippen LogP contribution is -2.17. The summed E-state index contributed by atoms with van der Waals surface area (Å²) < 4.78 is 12.1. The van der Waals surface area contributed by atoms with Gasteiger partial charge in [-0.05, 0) is 62.2 Å². The predicted octanol–water partition coefficient (Wildman–Crippen LogP) is 7.49. The van der Waals surface area contributed by atoms with Gasteiger partial charge in [-0.3, -0.25) is 4.39 Å². The summed E-state index contributed by atoms with van der Waals surface area (Å²) in [6.07, 6.45) is 23.7. The van der Waals surface area contributed by atoms with E-state index in [-0.39, 0.29) is 6.67 Å². The van der Waals surface area contributed by atoms with Crippen molar-refractivity contribution >= 4 is 0 Å². The molecule has 0 aromatic heterocycles. The molecule has 2 aliphatic carbocycles. The third-order valence-electron chi connectivity index (χ3n) is 6.45. The minimum atomic E-state index is -0.169. The van der Waals surface area contributed by atoms with Crippen molar-refractivity contribution in [2.75, 3.05) is 6.67 Å². The van der Waals surface area contributed by atoms with Crippen molar-refractivity contribution in [1.29, 1.82) is 0 Å². The van der Waals surface area contributed by atoms with E-state index in [1.165, 1.54) is 77.0 Å². The van der Waals surface area contributed by atoms with Gasteiger partial charge in [0.05, 0.1) is 6.67 Å². The van der Waals surface area contributed by atoms with Gasteiger partial charge >= 0.3 is 0 Å². The minimum Gasteiger partial charge on any atom is -0.251 e. The van der Waals surface area contributed by atoms with Gasteiger partial charge in [0.25, 0.3) is 0 Å². The third kappa shape index (κ3) is 7.40. The van der Waals surface area contributed by atoms with Crippen LogP contribution in [-0.2, 0) is 0 Å². The molecule has 0 amide bonds. The number of allylic oxidation sites excluding steroid dienone is 2. The monoisotopic (exact) mass is 322 g/mol. The highest BCUT2D eigenvalue weighted by Crippen LogP contribution is 2.37. The highest BCUT2D eigenvalue weighted by atomic mass is 19.1. The molecule has 2 saturated carbocycles. The van der Waals surface area contributed by atoms with Gasteiger partial charge in [-0.2, -0.15) is 0 Å². The summed E-state index contributed by atoms with van der Waals surface area (Å²) in [5.41, 5.74) is 0. The number of alkyl halides is 1. The SMILES string of the molecule is CCC[C@H]1CC[C@H](CC[C@H]2CC[C@H](C=CCCCF)CC2)CC1. The molecule has 0 heterocycles. The molecule has 2 fully saturated rings. The van der Waals surface area contributed by atoms with E-state index in [1.807, 2.05) is 0 Å². The maximum absolute atomic E-state index is 12.1. The maximum Gasteiger partial charge on any atom is 0.0897 e. The predicted molar refractivity (Wildman–Crippen MR) is 99.4 cm³/mol. The fraction of sp³-hybridized carbons (Fsp3) is 0.909. The van der Waals surface area contributed by atoms with E-state index in [9.17, 15) is 4.39 Å². The van der Waals surface area contributed by atoms with Crippen LogP contribution in [0.5, 0.6) is 0 Å². The van der Waals surface area contributed by atoms with Crippen LogP contribution in [-0.4, -0.2) is 6.67 Å². The molecule has 0 aliphatic heterocycles. The Labute approximate surface area is 144 Å². The van der Waals surface area contributed by atoms with E-state index >= 15 is 0 Å². The zero-order valence-corrected chi connectivity index (χ0v) is 15.4. The molecule has 0 aromatic rings. The fourth-order valence-electron chi connectivity index (χ4n) is 4.84. The molecular formula is C22H39F. The van der Waals surface area contributed by atoms with Crippen LogP contribution >= 0.6 is 0 Å². The van der Waals surface area contributed by atoms with Gasteiger partial charge in [-0.15, -0.1) is 0 Å². The van der Waals surface area contributed by atoms with E-state index in [2.05, 4.69) is 19.1 Å². The molecule has 0 unspecified atom stereocenters. The van der Waals surface area contributed by atoms with Crippen molar-refractivity contribution in [3.63, 3.8) is 0 Å². The summed E-state index contributed by atoms with van der Waals surface area (Å²) >= 11 is 0. The lowest BCUT2D eigenvalue weighted by molar-refractivity contribution is 0.221. The molecule has 0 bridgehead atoms. The summed E-state index contributed by atoms with van der Waals surface area (Å²) in [7, 11) is 0. The molecule has 2 aliphatic rings. The highest BCUT2D eigenvalue weighted by Gasteiger charge is 2.23. The second kappa shape index (κ2) is 11.3. The van der Waals surface area contributed by atoms with Gasteiger partial charge in [-0.25, -0.2) is 0 Å². The second-order valence-corrected chi connectivity index (χ2v) is 8.29. The molecule has 134 valence electrons. The van der Waals surface area contributed by atoms with Crippen molar-refractivity contribution in [3.8, 4) is 0 Å². The first-order valence-electron chi connectivity index (χ1n) is 10.5. The maximum atomic E-state index is 12.1. The standard InChI is InChI=1S/C22H39F/c1-2-6-19-8-12-21(13-9-19)16-17-22-14-10-20(11-15-22)7-4-3-5-18-23/h4,7,19-22H,2-3,5-6,8-18H2,1H3/t19-,20-,21-,22-. The van der Waals surface area contributed by atoms with Crippen molar-refractivity contribution in [2.24, 2.45) is 23.7 Å². The summed E-state index contributed by atoms with van der Waals surface area (Å²) in [5.74, 6) is 3.88. The Morgan fingerprint density at radius 2 is 1.30 bits per heavy atom. The largest absolute Gasteiger partial charge is 0.251 e. The van der Waals surface area contributed by atoms with Crippen LogP contribution in [0.4, 0.5) is 4.39 Å². The quantitative estimate of drug-likeness (QED) is 0.305. The van der Waals surface area contributed by atoms with E-state index < -0.39 is 0 Å². The molecule has 23 heavy (non-hydrogen) atoms. The van der Waals surface area contributed by atoms with Crippen LogP contribution < -0.4 is 0 Å². The normalized spacial score (nSPS) is 32.4. The first kappa shape index (κ1) is 19.0. The van der Waals surface area contributed by atoms with Crippen LogP contribution in [0, 0.1) is 23.7 Å². The fourth-order valence-corrected chi connectivity index (χ4v) is 4.84. The summed E-state index contributed by atoms with van der Waals surface area (Å²) in [6, 6.07) is 0. The molecule has 0 spiro atoms. The van der Waals surface area contributed by atoms with Gasteiger partial charge in [0.2, 0.25) is 0 Å². The van der Waals surface area contributed by atoms with E-state index in [4.69, 9.17) is 0 Å². The van der Waals surface area contributed by atoms with Crippen molar-refractivity contribution < 1.29 is 4.39 Å². The third-order valence-corrected chi connectivity index (χ3v) is 6.45. The van der Waals surface area contributed by atoms with Crippen LogP contribution in [0.3, 0.4) is 0 Å². The van der Waals surface area contributed by atoms with Gasteiger partial charge in [0, 0.05) is 0 Å². The van der Waals surface area contributed by atoms with Gasteiger partial charge in [0.1, 0.15) is 0 Å². The average molecular weight is 323 g/mol. The molecule has 0 atom stereocenters. The van der Waals surface area contributed by atoms with Gasteiger partial charge < -0.3 is 0 Å². The zero-order valence-electron chi connectivity index (χ0n) is 15.4. The number of rotatable bonds is 9. The number of hydrogen-bond acceptors (Lipinski definition) is 0. The average Bonchev–Trinajstić information content (AvgIpc) is 2.59. The lowest BCUT2D eigenvalue weighted by atomic mass is 9.75. The summed E-state index contributed by atoms with van der Waals surface area (Å²) in [5, 5.41) is 0. The molecular weight excluding hydrogens is 283 g/mol. The van der Waals surface area contributed by atoms with E-state index in [0.29, 0.717) is 6.42 Å². The molecule has 0 saturated heterocycles. The number of halogens is 1. The van der Waals surface area contributed by atoms with Gasteiger partial charge in [-0.1, -0.05) is 70.4 Å². The summed E-state index contributed by atoms with van der Waals surface area (Å²) in [4.78, 5) is 0. The van der Waals surface area contributed by atoms with Crippen LogP contribution in [0.25, 0.3) is 0 Å². The molecule has 2 rings (SSSR count). The first-order valence-corrected chi connectivity index (χ1v) is 10.5. The Morgan fingerprint density at radius 3 is 1.83 bits per heavy atom. The number of hydrogen-bond donors (Lipinski definition) is 0. The highest BCUT2D eigenvalue weighted by molar-refractivity contribution is 4.91. The number of unbranched alkanes of at least 4 members (excludes halogenated alkanes) is 1. The van der Waals surface area contributed by atoms with Crippen LogP contribution in [0.1, 0.15) is 96.8 Å². The molecule has 0 radical (unpaired) electrons. The first-order chi connectivity index (χ1) is 11.3.